The number of thiazole rings is 1. The van der Waals surface area contributed by atoms with Gasteiger partial charge in [0.05, 0.1) is 0 Å². The Morgan fingerprint density at radius 2 is 2.19 bits per heavy atom. The molecule has 2 rings (SSSR count). The Morgan fingerprint density at radius 3 is 2.95 bits per heavy atom. The molecule has 2 aromatic rings. The summed E-state index contributed by atoms with van der Waals surface area (Å²) in [6.45, 7) is 1.70. The third kappa shape index (κ3) is 5.65. The molecule has 0 fully saturated rings. The van der Waals surface area contributed by atoms with E-state index in [9.17, 15) is 0 Å². The standard InChI is InChI=1S/C15H19N3S3/c1-20-10-5-8-16-14(19)17-15-18(9-11-21-15)12-13-6-3-2-4-7-13/h2-4,6-7,9,11H,5,8,10,12H2,1H3,(H,16,19)/b17-15-. The van der Waals surface area contributed by atoms with E-state index in [0.29, 0.717) is 5.11 Å². The Hall–Kier alpha value is -1.11. The highest BCUT2D eigenvalue weighted by molar-refractivity contribution is 7.98. The van der Waals surface area contributed by atoms with Gasteiger partial charge < -0.3 is 9.88 Å². The summed E-state index contributed by atoms with van der Waals surface area (Å²) in [5.41, 5.74) is 1.26. The minimum absolute atomic E-state index is 0.570. The van der Waals surface area contributed by atoms with Crippen molar-refractivity contribution in [3.63, 3.8) is 0 Å². The molecule has 6 heteroatoms. The normalized spacial score (nSPS) is 11.6. The van der Waals surface area contributed by atoms with E-state index in [0.717, 1.165) is 30.1 Å². The van der Waals surface area contributed by atoms with Gasteiger partial charge in [0, 0.05) is 24.7 Å². The predicted molar refractivity (Wildman–Crippen MR) is 97.0 cm³/mol. The largest absolute Gasteiger partial charge is 0.361 e. The van der Waals surface area contributed by atoms with Crippen molar-refractivity contribution in [1.29, 1.82) is 0 Å². The maximum Gasteiger partial charge on any atom is 0.195 e. The number of nitrogens with one attached hydrogen (secondary N) is 1. The van der Waals surface area contributed by atoms with Crippen LogP contribution in [0.3, 0.4) is 0 Å². The number of hydrogen-bond acceptors (Lipinski definition) is 3. The molecule has 112 valence electrons. The summed E-state index contributed by atoms with van der Waals surface area (Å²) in [4.78, 5) is 5.44. The number of benzene rings is 1. The minimum Gasteiger partial charge on any atom is -0.361 e. The Bertz CT molecular complexity index is 616. The van der Waals surface area contributed by atoms with E-state index in [2.05, 4.69) is 45.4 Å². The zero-order valence-electron chi connectivity index (χ0n) is 12.0. The quantitative estimate of drug-likeness (QED) is 0.649. The molecule has 0 unspecified atom stereocenters. The van der Waals surface area contributed by atoms with Crippen molar-refractivity contribution in [3.8, 4) is 0 Å². The van der Waals surface area contributed by atoms with E-state index in [-0.39, 0.29) is 0 Å². The number of thioether (sulfide) groups is 1. The van der Waals surface area contributed by atoms with Crippen LogP contribution in [0.25, 0.3) is 0 Å². The Morgan fingerprint density at radius 1 is 1.38 bits per heavy atom. The number of nitrogens with zero attached hydrogens (tertiary/aromatic N) is 2. The van der Waals surface area contributed by atoms with Gasteiger partial charge in [-0.1, -0.05) is 30.3 Å². The fourth-order valence-corrected chi connectivity index (χ4v) is 3.24. The summed E-state index contributed by atoms with van der Waals surface area (Å²) in [5.74, 6) is 1.14. The van der Waals surface area contributed by atoms with Gasteiger partial charge in [-0.2, -0.15) is 16.8 Å². The lowest BCUT2D eigenvalue weighted by Crippen LogP contribution is -2.25. The molecule has 1 heterocycles. The molecule has 3 nitrogen and oxygen atoms in total. The monoisotopic (exact) mass is 337 g/mol. The van der Waals surface area contributed by atoms with Crippen molar-refractivity contribution in [2.24, 2.45) is 4.99 Å². The van der Waals surface area contributed by atoms with Crippen molar-refractivity contribution < 1.29 is 0 Å². The van der Waals surface area contributed by atoms with Gasteiger partial charge in [0.1, 0.15) is 0 Å². The van der Waals surface area contributed by atoms with Crippen molar-refractivity contribution in [3.05, 3.63) is 52.3 Å². The zero-order valence-corrected chi connectivity index (χ0v) is 14.4. The molecule has 1 aromatic carbocycles. The van der Waals surface area contributed by atoms with E-state index >= 15 is 0 Å². The molecule has 0 amide bonds. The molecule has 1 N–H and O–H groups in total. The molecule has 21 heavy (non-hydrogen) atoms. The van der Waals surface area contributed by atoms with Gasteiger partial charge in [-0.3, -0.25) is 0 Å². The highest BCUT2D eigenvalue weighted by Gasteiger charge is 1.99. The summed E-state index contributed by atoms with van der Waals surface area (Å²) in [6, 6.07) is 10.4. The van der Waals surface area contributed by atoms with Crippen LogP contribution < -0.4 is 10.1 Å². The van der Waals surface area contributed by atoms with Gasteiger partial charge >= 0.3 is 0 Å². The van der Waals surface area contributed by atoms with Crippen LogP contribution >= 0.6 is 35.3 Å². The lowest BCUT2D eigenvalue weighted by atomic mass is 10.2. The first-order valence-electron chi connectivity index (χ1n) is 6.79. The fraction of sp³-hybridized carbons (Fsp3) is 0.333. The molecule has 0 radical (unpaired) electrons. The maximum atomic E-state index is 5.28. The van der Waals surface area contributed by atoms with Crippen molar-refractivity contribution in [2.45, 2.75) is 13.0 Å². The number of hydrogen-bond donors (Lipinski definition) is 1. The maximum absolute atomic E-state index is 5.28. The van der Waals surface area contributed by atoms with Crippen LogP contribution in [0.2, 0.25) is 0 Å². The SMILES string of the molecule is CSCCCNC(=S)/N=c1\sccn1Cc1ccccc1. The van der Waals surface area contributed by atoms with E-state index < -0.39 is 0 Å². The highest BCUT2D eigenvalue weighted by atomic mass is 32.2. The van der Waals surface area contributed by atoms with Crippen LogP contribution in [0.4, 0.5) is 0 Å². The van der Waals surface area contributed by atoms with Crippen LogP contribution in [0, 0.1) is 0 Å². The third-order valence-corrected chi connectivity index (χ3v) is 4.58. The smallest absolute Gasteiger partial charge is 0.195 e. The molecule has 0 bridgehead atoms. The summed E-state index contributed by atoms with van der Waals surface area (Å²) in [5, 5.41) is 5.80. The van der Waals surface area contributed by atoms with Gasteiger partial charge in [-0.05, 0) is 36.2 Å². The average molecular weight is 338 g/mol. The van der Waals surface area contributed by atoms with Gasteiger partial charge in [0.25, 0.3) is 0 Å². The topological polar surface area (TPSA) is 29.3 Å². The molecule has 1 aromatic heterocycles. The van der Waals surface area contributed by atoms with Crippen molar-refractivity contribution in [1.82, 2.24) is 9.88 Å². The molecule has 0 aliphatic rings. The lowest BCUT2D eigenvalue weighted by molar-refractivity contribution is 0.768. The number of rotatable bonds is 6. The van der Waals surface area contributed by atoms with Crippen molar-refractivity contribution >= 4 is 40.4 Å². The molecular weight excluding hydrogens is 318 g/mol. The minimum atomic E-state index is 0.570. The second kappa shape index (κ2) is 9.02. The molecular formula is C15H19N3S3. The molecule has 0 spiro atoms. The van der Waals surface area contributed by atoms with Crippen LogP contribution in [-0.2, 0) is 6.54 Å². The predicted octanol–water partition coefficient (Wildman–Crippen LogP) is 3.13. The lowest BCUT2D eigenvalue weighted by Gasteiger charge is -2.04. The molecule has 0 saturated carbocycles. The Balaban J connectivity index is 1.99. The van der Waals surface area contributed by atoms with E-state index in [1.165, 1.54) is 5.56 Å². The molecule has 0 saturated heterocycles. The average Bonchev–Trinajstić information content (AvgIpc) is 2.92. The first kappa shape index (κ1) is 16.3. The summed E-state index contributed by atoms with van der Waals surface area (Å²) in [6.07, 6.45) is 5.26. The fourth-order valence-electron chi connectivity index (χ4n) is 1.83. The van der Waals surface area contributed by atoms with E-state index in [1.54, 1.807) is 11.3 Å². The van der Waals surface area contributed by atoms with Gasteiger partial charge in [0.15, 0.2) is 9.91 Å². The number of aromatic nitrogens is 1. The second-order valence-electron chi connectivity index (χ2n) is 4.49. The zero-order chi connectivity index (χ0) is 14.9. The summed E-state index contributed by atoms with van der Waals surface area (Å²) >= 11 is 8.74. The molecule has 0 atom stereocenters. The van der Waals surface area contributed by atoms with E-state index in [4.69, 9.17) is 12.2 Å². The van der Waals surface area contributed by atoms with Gasteiger partial charge in [0.2, 0.25) is 0 Å². The van der Waals surface area contributed by atoms with Crippen LogP contribution in [-0.4, -0.2) is 28.2 Å². The molecule has 0 aliphatic carbocycles. The molecule has 0 aliphatic heterocycles. The third-order valence-electron chi connectivity index (χ3n) is 2.85. The van der Waals surface area contributed by atoms with Gasteiger partial charge in [-0.15, -0.1) is 11.3 Å². The van der Waals surface area contributed by atoms with E-state index in [1.807, 2.05) is 29.4 Å². The second-order valence-corrected chi connectivity index (χ2v) is 6.73. The Labute approximate surface area is 139 Å². The van der Waals surface area contributed by atoms with Crippen LogP contribution in [0.1, 0.15) is 12.0 Å². The van der Waals surface area contributed by atoms with Crippen molar-refractivity contribution in [2.75, 3.05) is 18.6 Å². The summed E-state index contributed by atoms with van der Waals surface area (Å²) in [7, 11) is 0. The van der Waals surface area contributed by atoms with Crippen LogP contribution in [0.5, 0.6) is 0 Å². The first-order valence-corrected chi connectivity index (χ1v) is 9.47. The highest BCUT2D eigenvalue weighted by Crippen LogP contribution is 2.01. The van der Waals surface area contributed by atoms with Gasteiger partial charge in [-0.25, -0.2) is 0 Å². The Kier molecular flexibility index (Phi) is 6.99. The van der Waals surface area contributed by atoms with Crippen LogP contribution in [0.15, 0.2) is 46.9 Å². The summed E-state index contributed by atoms with van der Waals surface area (Å²) < 4.78 is 2.12. The number of thiocarbonyl (C=S) groups is 1. The first-order chi connectivity index (χ1) is 10.3.